The van der Waals surface area contributed by atoms with Crippen molar-refractivity contribution >= 4 is 39.8 Å². The Morgan fingerprint density at radius 2 is 2.00 bits per heavy atom. The predicted octanol–water partition coefficient (Wildman–Crippen LogP) is 5.22. The van der Waals surface area contributed by atoms with E-state index >= 15 is 0 Å². The summed E-state index contributed by atoms with van der Waals surface area (Å²) in [5.41, 5.74) is 4.00. The number of hydrogen-bond acceptors (Lipinski definition) is 2. The normalized spacial score (nSPS) is 15.7. The molecule has 114 valence electrons. The van der Waals surface area contributed by atoms with Crippen molar-refractivity contribution in [3.63, 3.8) is 0 Å². The molecule has 1 aromatic carbocycles. The highest BCUT2D eigenvalue weighted by molar-refractivity contribution is 6.46. The molecule has 2 aromatic heterocycles. The molecule has 1 saturated carbocycles. The van der Waals surface area contributed by atoms with Gasteiger partial charge in [0.05, 0.1) is 21.8 Å². The molecule has 0 saturated heterocycles. The largest absolute Gasteiger partial charge is 0.382 e. The minimum absolute atomic E-state index is 0.507. The molecule has 0 aliphatic heterocycles. The van der Waals surface area contributed by atoms with Crippen LogP contribution in [0.3, 0.4) is 0 Å². The highest BCUT2D eigenvalue weighted by atomic mass is 35.5. The Balaban J connectivity index is 1.89. The fourth-order valence-corrected chi connectivity index (χ4v) is 3.69. The van der Waals surface area contributed by atoms with Crippen molar-refractivity contribution in [2.24, 2.45) is 0 Å². The van der Waals surface area contributed by atoms with Gasteiger partial charge in [0.25, 0.3) is 0 Å². The zero-order valence-electron chi connectivity index (χ0n) is 11.9. The zero-order valence-corrected chi connectivity index (χ0v) is 13.4. The van der Waals surface area contributed by atoms with E-state index in [1.165, 1.54) is 25.7 Å². The summed E-state index contributed by atoms with van der Waals surface area (Å²) in [6.07, 6.45) is 10.6. The van der Waals surface area contributed by atoms with E-state index in [9.17, 15) is 0 Å². The van der Waals surface area contributed by atoms with Crippen molar-refractivity contribution in [1.29, 1.82) is 0 Å². The third-order valence-electron chi connectivity index (χ3n) is 4.37. The summed E-state index contributed by atoms with van der Waals surface area (Å²) in [7, 11) is 0. The number of hydrogen-bond donors (Lipinski definition) is 3. The van der Waals surface area contributed by atoms with Gasteiger partial charge in [-0.2, -0.15) is 5.10 Å². The van der Waals surface area contributed by atoms with E-state index < -0.39 is 0 Å². The Kier molecular flexibility index (Phi) is 3.51. The number of benzene rings is 1. The summed E-state index contributed by atoms with van der Waals surface area (Å²) in [6, 6.07) is 2.44. The minimum atomic E-state index is 0.507. The van der Waals surface area contributed by atoms with Gasteiger partial charge in [0, 0.05) is 40.6 Å². The van der Waals surface area contributed by atoms with E-state index in [0.29, 0.717) is 16.1 Å². The van der Waals surface area contributed by atoms with Crippen molar-refractivity contribution in [3.8, 4) is 11.1 Å². The Hall–Kier alpha value is -1.65. The lowest BCUT2D eigenvalue weighted by molar-refractivity contribution is 0.757. The first-order valence-corrected chi connectivity index (χ1v) is 8.24. The summed E-state index contributed by atoms with van der Waals surface area (Å²) in [5, 5.41) is 12.7. The van der Waals surface area contributed by atoms with Crippen LogP contribution in [0.25, 0.3) is 22.0 Å². The standard InChI is InChI=1S/C16H16Cl2N4/c17-12-5-13(22-10-3-1-2-4-10)14-11(9-6-20-21-7-9)8-19-16(14)15(12)18/h5-8,10,19,22H,1-4H2,(H,20,21). The quantitative estimate of drug-likeness (QED) is 0.615. The number of rotatable bonds is 3. The Bertz CT molecular complexity index is 801. The maximum absolute atomic E-state index is 6.37. The van der Waals surface area contributed by atoms with Gasteiger partial charge in [0.1, 0.15) is 0 Å². The van der Waals surface area contributed by atoms with Gasteiger partial charge in [-0.15, -0.1) is 0 Å². The fraction of sp³-hybridized carbons (Fsp3) is 0.312. The Morgan fingerprint density at radius 3 is 2.73 bits per heavy atom. The molecule has 6 heteroatoms. The van der Waals surface area contributed by atoms with Crippen LogP contribution < -0.4 is 5.32 Å². The van der Waals surface area contributed by atoms with E-state index in [1.807, 2.05) is 24.7 Å². The molecule has 0 atom stereocenters. The third-order valence-corrected chi connectivity index (χ3v) is 5.16. The van der Waals surface area contributed by atoms with Gasteiger partial charge < -0.3 is 10.3 Å². The highest BCUT2D eigenvalue weighted by Crippen LogP contribution is 2.41. The first-order valence-electron chi connectivity index (χ1n) is 7.49. The Labute approximate surface area is 138 Å². The van der Waals surface area contributed by atoms with Crippen LogP contribution in [0.1, 0.15) is 25.7 Å². The van der Waals surface area contributed by atoms with Gasteiger partial charge >= 0.3 is 0 Å². The molecule has 0 spiro atoms. The Morgan fingerprint density at radius 1 is 1.18 bits per heavy atom. The van der Waals surface area contributed by atoms with Crippen LogP contribution in [0.2, 0.25) is 10.0 Å². The second-order valence-electron chi connectivity index (χ2n) is 5.78. The van der Waals surface area contributed by atoms with Crippen molar-refractivity contribution in [2.75, 3.05) is 5.32 Å². The van der Waals surface area contributed by atoms with Gasteiger partial charge in [0.2, 0.25) is 0 Å². The van der Waals surface area contributed by atoms with E-state index in [1.54, 1.807) is 0 Å². The van der Waals surface area contributed by atoms with E-state index in [4.69, 9.17) is 23.2 Å². The number of H-pyrrole nitrogens is 2. The van der Waals surface area contributed by atoms with Crippen LogP contribution in [0.15, 0.2) is 24.7 Å². The number of fused-ring (bicyclic) bond motifs is 1. The number of aromatic amines is 2. The minimum Gasteiger partial charge on any atom is -0.382 e. The molecule has 0 amide bonds. The number of anilines is 1. The molecular formula is C16H16Cl2N4. The summed E-state index contributed by atoms with van der Waals surface area (Å²) in [5.74, 6) is 0. The van der Waals surface area contributed by atoms with Gasteiger partial charge in [-0.25, -0.2) is 0 Å². The zero-order chi connectivity index (χ0) is 15.1. The average Bonchev–Trinajstić information content (AvgIpc) is 3.23. The fourth-order valence-electron chi connectivity index (χ4n) is 3.29. The number of nitrogens with one attached hydrogen (secondary N) is 3. The van der Waals surface area contributed by atoms with Crippen molar-refractivity contribution < 1.29 is 0 Å². The van der Waals surface area contributed by atoms with Gasteiger partial charge in [-0.05, 0) is 18.9 Å². The molecule has 2 heterocycles. The van der Waals surface area contributed by atoms with Gasteiger partial charge in [0.15, 0.2) is 0 Å². The molecule has 3 aromatic rings. The molecule has 4 nitrogen and oxygen atoms in total. The smallest absolute Gasteiger partial charge is 0.0834 e. The molecule has 3 N–H and O–H groups in total. The molecule has 1 fully saturated rings. The highest BCUT2D eigenvalue weighted by Gasteiger charge is 2.20. The third kappa shape index (κ3) is 2.27. The average molecular weight is 335 g/mol. The van der Waals surface area contributed by atoms with Crippen LogP contribution in [-0.2, 0) is 0 Å². The van der Waals surface area contributed by atoms with Crippen molar-refractivity contribution in [2.45, 2.75) is 31.7 Å². The molecule has 1 aliphatic carbocycles. The number of halogens is 2. The topological polar surface area (TPSA) is 56.5 Å². The van der Waals surface area contributed by atoms with E-state index in [-0.39, 0.29) is 0 Å². The van der Waals surface area contributed by atoms with Crippen LogP contribution >= 0.6 is 23.2 Å². The van der Waals surface area contributed by atoms with E-state index in [0.717, 1.165) is 27.7 Å². The summed E-state index contributed by atoms with van der Waals surface area (Å²) < 4.78 is 0. The molecule has 1 aliphatic rings. The lowest BCUT2D eigenvalue weighted by atomic mass is 10.1. The molecule has 0 bridgehead atoms. The maximum atomic E-state index is 6.37. The van der Waals surface area contributed by atoms with Crippen molar-refractivity contribution in [3.05, 3.63) is 34.7 Å². The van der Waals surface area contributed by atoms with Crippen LogP contribution in [-0.4, -0.2) is 21.2 Å². The van der Waals surface area contributed by atoms with Crippen LogP contribution in [0.5, 0.6) is 0 Å². The molecule has 0 unspecified atom stereocenters. The van der Waals surface area contributed by atoms with Gasteiger partial charge in [-0.3, -0.25) is 5.10 Å². The SMILES string of the molecule is Clc1cc(NC2CCCC2)c2c(-c3cn[nH]c3)c[nH]c2c1Cl. The monoisotopic (exact) mass is 334 g/mol. The number of nitrogens with zero attached hydrogens (tertiary/aromatic N) is 1. The maximum Gasteiger partial charge on any atom is 0.0834 e. The first-order chi connectivity index (χ1) is 10.7. The first kappa shape index (κ1) is 14.0. The molecule has 0 radical (unpaired) electrons. The molecular weight excluding hydrogens is 319 g/mol. The van der Waals surface area contributed by atoms with Gasteiger partial charge in [-0.1, -0.05) is 36.0 Å². The predicted molar refractivity (Wildman–Crippen MR) is 91.8 cm³/mol. The van der Waals surface area contributed by atoms with Crippen LogP contribution in [0, 0.1) is 0 Å². The summed E-state index contributed by atoms with van der Waals surface area (Å²) in [4.78, 5) is 3.25. The lowest BCUT2D eigenvalue weighted by Gasteiger charge is -2.16. The second kappa shape index (κ2) is 5.52. The molecule has 22 heavy (non-hydrogen) atoms. The van der Waals surface area contributed by atoms with E-state index in [2.05, 4.69) is 20.5 Å². The van der Waals surface area contributed by atoms with Crippen LogP contribution in [0.4, 0.5) is 5.69 Å². The number of aromatic nitrogens is 3. The van der Waals surface area contributed by atoms with Crippen molar-refractivity contribution in [1.82, 2.24) is 15.2 Å². The lowest BCUT2D eigenvalue weighted by Crippen LogP contribution is -2.14. The second-order valence-corrected chi connectivity index (χ2v) is 6.57. The summed E-state index contributed by atoms with van der Waals surface area (Å²) in [6.45, 7) is 0. The summed E-state index contributed by atoms with van der Waals surface area (Å²) >= 11 is 12.7. The molecule has 4 rings (SSSR count).